The van der Waals surface area contributed by atoms with Crippen molar-refractivity contribution < 1.29 is 14.0 Å². The van der Waals surface area contributed by atoms with E-state index in [1.165, 1.54) is 0 Å². The lowest BCUT2D eigenvalue weighted by Gasteiger charge is -2.23. The minimum Gasteiger partial charge on any atom is -0.496 e. The van der Waals surface area contributed by atoms with Crippen LogP contribution < -0.4 is 26.4 Å². The van der Waals surface area contributed by atoms with Gasteiger partial charge in [-0.25, -0.2) is 4.98 Å². The van der Waals surface area contributed by atoms with Crippen molar-refractivity contribution in [2.24, 2.45) is 0 Å². The average Bonchev–Trinajstić information content (AvgIpc) is 3.30. The van der Waals surface area contributed by atoms with Gasteiger partial charge in [-0.15, -0.1) is 0 Å². The van der Waals surface area contributed by atoms with Gasteiger partial charge >= 0.3 is 0 Å². The summed E-state index contributed by atoms with van der Waals surface area (Å²) in [5.41, 5.74) is 9.67. The number of aryl methyl sites for hydroxylation is 1. The van der Waals surface area contributed by atoms with Crippen molar-refractivity contribution in [3.63, 3.8) is 0 Å². The van der Waals surface area contributed by atoms with Crippen molar-refractivity contribution in [1.29, 1.82) is 5.41 Å². The molecule has 11 heteroatoms. The van der Waals surface area contributed by atoms with Gasteiger partial charge in [0, 0.05) is 50.2 Å². The number of benzene rings is 1. The highest BCUT2D eigenvalue weighted by atomic mass is 16.5. The van der Waals surface area contributed by atoms with Gasteiger partial charge < -0.3 is 41.1 Å². The van der Waals surface area contributed by atoms with Gasteiger partial charge in [-0.3, -0.25) is 0 Å². The van der Waals surface area contributed by atoms with Gasteiger partial charge in [-0.2, -0.15) is 4.98 Å². The molecule has 3 heterocycles. The predicted molar refractivity (Wildman–Crippen MR) is 134 cm³/mol. The van der Waals surface area contributed by atoms with Crippen molar-refractivity contribution in [2.45, 2.75) is 45.4 Å². The maximum absolute atomic E-state index is 7.79. The maximum atomic E-state index is 7.79. The van der Waals surface area contributed by atoms with Crippen molar-refractivity contribution in [3.05, 3.63) is 52.5 Å². The Morgan fingerprint density at radius 1 is 1.14 bits per heavy atom. The predicted octanol–water partition coefficient (Wildman–Crippen LogP) is 2.85. The molecule has 0 aliphatic carbocycles. The van der Waals surface area contributed by atoms with E-state index in [0.717, 1.165) is 67.1 Å². The number of rotatable bonds is 11. The molecule has 2 aromatic heterocycles. The SMILES string of the molecule is COc1cc(CNC2CCOCC2)ccc1CNc1c(C=N)nc(N)nc1NCc1cc(C)on1. The molecule has 186 valence electrons. The quantitative estimate of drug-likeness (QED) is 0.259. The fourth-order valence-corrected chi connectivity index (χ4v) is 3.97. The average molecular weight is 481 g/mol. The summed E-state index contributed by atoms with van der Waals surface area (Å²) in [5.74, 6) is 2.06. The molecule has 1 aromatic carbocycles. The second-order valence-electron chi connectivity index (χ2n) is 8.38. The van der Waals surface area contributed by atoms with Gasteiger partial charge in [0.05, 0.1) is 13.7 Å². The van der Waals surface area contributed by atoms with Gasteiger partial charge in [-0.1, -0.05) is 17.3 Å². The molecule has 3 aromatic rings. The van der Waals surface area contributed by atoms with Crippen LogP contribution >= 0.6 is 0 Å². The van der Waals surface area contributed by atoms with Crippen molar-refractivity contribution in [2.75, 3.05) is 36.7 Å². The Bertz CT molecular complexity index is 1140. The summed E-state index contributed by atoms with van der Waals surface area (Å²) >= 11 is 0. The first-order valence-electron chi connectivity index (χ1n) is 11.6. The van der Waals surface area contributed by atoms with Gasteiger partial charge in [0.2, 0.25) is 5.95 Å². The molecule has 1 aliphatic heterocycles. The topological polar surface area (TPSA) is 156 Å². The van der Waals surface area contributed by atoms with Gasteiger partial charge in [0.15, 0.2) is 5.82 Å². The number of nitrogen functional groups attached to an aromatic ring is 1. The Balaban J connectivity index is 1.45. The van der Waals surface area contributed by atoms with E-state index in [1.54, 1.807) is 7.11 Å². The van der Waals surface area contributed by atoms with E-state index in [2.05, 4.69) is 37.1 Å². The zero-order valence-electron chi connectivity index (χ0n) is 20.1. The number of methoxy groups -OCH3 is 1. The van der Waals surface area contributed by atoms with Crippen LogP contribution in [0.2, 0.25) is 0 Å². The van der Waals surface area contributed by atoms with E-state index < -0.39 is 0 Å². The minimum absolute atomic E-state index is 0.0758. The number of hydrogen-bond acceptors (Lipinski definition) is 11. The van der Waals surface area contributed by atoms with Crippen LogP contribution in [0.5, 0.6) is 5.75 Å². The fraction of sp³-hybridized carbons (Fsp3) is 0.417. The third-order valence-electron chi connectivity index (χ3n) is 5.83. The lowest BCUT2D eigenvalue weighted by Crippen LogP contribution is -2.34. The van der Waals surface area contributed by atoms with E-state index in [4.69, 9.17) is 25.1 Å². The molecule has 11 nitrogen and oxygen atoms in total. The zero-order chi connectivity index (χ0) is 24.6. The molecule has 0 atom stereocenters. The van der Waals surface area contributed by atoms with E-state index >= 15 is 0 Å². The summed E-state index contributed by atoms with van der Waals surface area (Å²) < 4.78 is 16.2. The van der Waals surface area contributed by atoms with E-state index in [-0.39, 0.29) is 5.95 Å². The highest BCUT2D eigenvalue weighted by molar-refractivity contribution is 5.88. The van der Waals surface area contributed by atoms with Crippen LogP contribution in [0.25, 0.3) is 0 Å². The summed E-state index contributed by atoms with van der Waals surface area (Å²) in [5, 5.41) is 21.9. The molecule has 0 radical (unpaired) electrons. The van der Waals surface area contributed by atoms with Crippen LogP contribution in [0.1, 0.15) is 41.1 Å². The number of nitrogens with two attached hydrogens (primary N) is 1. The second-order valence-corrected chi connectivity index (χ2v) is 8.38. The Labute approximate surface area is 204 Å². The summed E-state index contributed by atoms with van der Waals surface area (Å²) in [6.07, 6.45) is 3.21. The van der Waals surface area contributed by atoms with Crippen LogP contribution in [0, 0.1) is 12.3 Å². The summed E-state index contributed by atoms with van der Waals surface area (Å²) in [7, 11) is 1.66. The highest BCUT2D eigenvalue weighted by Gasteiger charge is 2.16. The fourth-order valence-electron chi connectivity index (χ4n) is 3.97. The smallest absolute Gasteiger partial charge is 0.222 e. The highest BCUT2D eigenvalue weighted by Crippen LogP contribution is 2.27. The van der Waals surface area contributed by atoms with E-state index in [1.807, 2.05) is 25.1 Å². The van der Waals surface area contributed by atoms with Gasteiger partial charge in [0.1, 0.15) is 28.6 Å². The molecule has 6 N–H and O–H groups in total. The Hall–Kier alpha value is -3.70. The zero-order valence-corrected chi connectivity index (χ0v) is 20.1. The minimum atomic E-state index is 0.0758. The first-order chi connectivity index (χ1) is 17.1. The number of anilines is 3. The lowest BCUT2D eigenvalue weighted by molar-refractivity contribution is 0.0776. The Morgan fingerprint density at radius 3 is 2.69 bits per heavy atom. The van der Waals surface area contributed by atoms with Crippen molar-refractivity contribution in [1.82, 2.24) is 20.4 Å². The molecular weight excluding hydrogens is 448 g/mol. The normalized spacial score (nSPS) is 14.0. The molecule has 0 bridgehead atoms. The molecular formula is C24H32N8O3. The first kappa shape index (κ1) is 24.4. The summed E-state index contributed by atoms with van der Waals surface area (Å²) in [6, 6.07) is 8.50. The number of nitrogens with zero attached hydrogens (tertiary/aromatic N) is 3. The van der Waals surface area contributed by atoms with Crippen LogP contribution in [0.15, 0.2) is 28.8 Å². The van der Waals surface area contributed by atoms with Crippen molar-refractivity contribution in [3.8, 4) is 5.75 Å². The number of ether oxygens (including phenoxy) is 2. The Kier molecular flexibility index (Phi) is 8.11. The number of nitrogens with one attached hydrogen (secondary N) is 4. The van der Waals surface area contributed by atoms with Gasteiger partial charge in [-0.05, 0) is 31.4 Å². The van der Waals surface area contributed by atoms with Crippen molar-refractivity contribution >= 4 is 23.7 Å². The van der Waals surface area contributed by atoms with Crippen LogP contribution in [-0.4, -0.2) is 47.7 Å². The number of aromatic nitrogens is 3. The third-order valence-corrected chi connectivity index (χ3v) is 5.83. The number of hydrogen-bond donors (Lipinski definition) is 5. The summed E-state index contributed by atoms with van der Waals surface area (Å²) in [4.78, 5) is 8.51. The molecule has 0 spiro atoms. The molecule has 35 heavy (non-hydrogen) atoms. The standard InChI is InChI=1S/C24H32N8O3/c1-15-9-19(32-35-15)14-29-23-22(20(11-25)30-24(26)31-23)28-13-17-4-3-16(10-21(17)33-2)12-27-18-5-7-34-8-6-18/h3-4,9-11,18,25,27-28H,5-8,12-14H2,1-2H3,(H3,26,29,30,31). The van der Waals surface area contributed by atoms with E-state index in [0.29, 0.717) is 36.3 Å². The van der Waals surface area contributed by atoms with Crippen LogP contribution in [-0.2, 0) is 24.4 Å². The third kappa shape index (κ3) is 6.46. The molecule has 1 aliphatic rings. The van der Waals surface area contributed by atoms with Gasteiger partial charge in [0.25, 0.3) is 0 Å². The molecule has 0 unspecified atom stereocenters. The van der Waals surface area contributed by atoms with E-state index in [9.17, 15) is 0 Å². The second kappa shape index (κ2) is 11.6. The lowest BCUT2D eigenvalue weighted by atomic mass is 10.1. The molecule has 0 saturated carbocycles. The monoisotopic (exact) mass is 480 g/mol. The molecule has 1 saturated heterocycles. The maximum Gasteiger partial charge on any atom is 0.222 e. The van der Waals surface area contributed by atoms with Crippen LogP contribution in [0.3, 0.4) is 0 Å². The van der Waals surface area contributed by atoms with Crippen LogP contribution in [0.4, 0.5) is 17.5 Å². The summed E-state index contributed by atoms with van der Waals surface area (Å²) in [6.45, 7) is 5.06. The molecule has 4 rings (SSSR count). The molecule has 0 amide bonds. The first-order valence-corrected chi connectivity index (χ1v) is 11.6. The molecule has 1 fully saturated rings. The Morgan fingerprint density at radius 2 is 1.97 bits per heavy atom. The largest absolute Gasteiger partial charge is 0.496 e.